The predicted octanol–water partition coefficient (Wildman–Crippen LogP) is 5.19. The highest BCUT2D eigenvalue weighted by Gasteiger charge is 2.32. The van der Waals surface area contributed by atoms with E-state index in [2.05, 4.69) is 38.2 Å². The van der Waals surface area contributed by atoms with Crippen molar-refractivity contribution in [1.29, 1.82) is 0 Å². The van der Waals surface area contributed by atoms with E-state index >= 15 is 0 Å². The average molecular weight is 294 g/mol. The molecule has 114 valence electrons. The highest BCUT2D eigenvalue weighted by molar-refractivity contribution is 7.11. The summed E-state index contributed by atoms with van der Waals surface area (Å²) in [4.78, 5) is 3.04. The maximum Gasteiger partial charge on any atom is 0.00482 e. The summed E-state index contributed by atoms with van der Waals surface area (Å²) in [7, 11) is 0. The van der Waals surface area contributed by atoms with Gasteiger partial charge in [0.15, 0.2) is 0 Å². The summed E-state index contributed by atoms with van der Waals surface area (Å²) in [6.45, 7) is 9.17. The molecule has 0 amide bonds. The van der Waals surface area contributed by atoms with Crippen LogP contribution < -0.4 is 5.32 Å². The molecule has 0 unspecified atom stereocenters. The van der Waals surface area contributed by atoms with E-state index in [4.69, 9.17) is 0 Å². The van der Waals surface area contributed by atoms with Crippen LogP contribution in [-0.2, 0) is 6.42 Å². The van der Waals surface area contributed by atoms with E-state index in [9.17, 15) is 0 Å². The van der Waals surface area contributed by atoms with Crippen LogP contribution in [0.1, 0.15) is 62.1 Å². The molecule has 1 aromatic heterocycles. The molecule has 20 heavy (non-hydrogen) atoms. The molecule has 0 aliphatic heterocycles. The van der Waals surface area contributed by atoms with Gasteiger partial charge >= 0.3 is 0 Å². The van der Waals surface area contributed by atoms with E-state index < -0.39 is 0 Å². The van der Waals surface area contributed by atoms with Crippen LogP contribution in [0.2, 0.25) is 0 Å². The van der Waals surface area contributed by atoms with Crippen molar-refractivity contribution in [3.8, 4) is 0 Å². The van der Waals surface area contributed by atoms with Crippen LogP contribution in [-0.4, -0.2) is 13.1 Å². The van der Waals surface area contributed by atoms with Gasteiger partial charge in [-0.25, -0.2) is 0 Å². The lowest BCUT2D eigenvalue weighted by Crippen LogP contribution is -2.27. The zero-order valence-electron chi connectivity index (χ0n) is 13.5. The Balaban J connectivity index is 1.79. The summed E-state index contributed by atoms with van der Waals surface area (Å²) in [6.07, 6.45) is 9.89. The molecule has 0 saturated heterocycles. The minimum atomic E-state index is 0.641. The minimum absolute atomic E-state index is 0.641. The third kappa shape index (κ3) is 4.89. The molecule has 1 saturated carbocycles. The molecule has 2 heteroatoms. The highest BCUT2D eigenvalue weighted by Crippen LogP contribution is 2.44. The van der Waals surface area contributed by atoms with Crippen LogP contribution in [0.15, 0.2) is 12.1 Å². The molecule has 0 spiro atoms. The second-order valence-corrected chi connectivity index (χ2v) is 8.44. The zero-order valence-corrected chi connectivity index (χ0v) is 14.3. The lowest BCUT2D eigenvalue weighted by Gasteiger charge is -2.29. The second-order valence-electron chi connectivity index (χ2n) is 7.07. The van der Waals surface area contributed by atoms with E-state index in [1.54, 1.807) is 4.88 Å². The van der Waals surface area contributed by atoms with Gasteiger partial charge in [-0.1, -0.05) is 26.7 Å². The van der Waals surface area contributed by atoms with Gasteiger partial charge in [0, 0.05) is 9.75 Å². The van der Waals surface area contributed by atoms with Crippen molar-refractivity contribution in [2.75, 3.05) is 13.1 Å². The van der Waals surface area contributed by atoms with Crippen molar-refractivity contribution in [3.05, 3.63) is 21.9 Å². The van der Waals surface area contributed by atoms with Gasteiger partial charge in [0.25, 0.3) is 0 Å². The van der Waals surface area contributed by atoms with Crippen molar-refractivity contribution >= 4 is 11.3 Å². The Morgan fingerprint density at radius 3 is 2.55 bits per heavy atom. The zero-order chi connectivity index (χ0) is 14.4. The fraction of sp³-hybridized carbons (Fsp3) is 0.778. The van der Waals surface area contributed by atoms with E-state index in [1.165, 1.54) is 62.9 Å². The SMILES string of the molecule is Cc1ccc(CCC2(CCNCC(C)C)CCCC2)s1. The summed E-state index contributed by atoms with van der Waals surface area (Å²) < 4.78 is 0. The monoisotopic (exact) mass is 293 g/mol. The Bertz CT molecular complexity index is 388. The highest BCUT2D eigenvalue weighted by atomic mass is 32.1. The third-order valence-corrected chi connectivity index (χ3v) is 5.81. The molecule has 0 radical (unpaired) electrons. The molecular weight excluding hydrogens is 262 g/mol. The summed E-state index contributed by atoms with van der Waals surface area (Å²) in [5.41, 5.74) is 0.641. The lowest BCUT2D eigenvalue weighted by atomic mass is 9.78. The van der Waals surface area contributed by atoms with Gasteiger partial charge in [-0.15, -0.1) is 11.3 Å². The normalized spacial score (nSPS) is 18.0. The maximum atomic E-state index is 3.64. The number of aryl methyl sites for hydroxylation is 2. The minimum Gasteiger partial charge on any atom is -0.316 e. The molecule has 0 atom stereocenters. The smallest absolute Gasteiger partial charge is 0.00482 e. The standard InChI is InChI=1S/C18H31NS/c1-15(2)14-19-13-12-18(9-4-5-10-18)11-8-17-7-6-16(3)20-17/h6-7,15,19H,4-5,8-14H2,1-3H3. The number of nitrogens with one attached hydrogen (secondary N) is 1. The van der Waals surface area contributed by atoms with Gasteiger partial charge in [-0.3, -0.25) is 0 Å². The van der Waals surface area contributed by atoms with E-state index in [-0.39, 0.29) is 0 Å². The van der Waals surface area contributed by atoms with Crippen molar-refractivity contribution < 1.29 is 0 Å². The molecule has 1 aliphatic carbocycles. The van der Waals surface area contributed by atoms with Crippen molar-refractivity contribution in [2.24, 2.45) is 11.3 Å². The molecule has 2 rings (SSSR count). The first kappa shape index (κ1) is 16.0. The van der Waals surface area contributed by atoms with Crippen LogP contribution >= 0.6 is 11.3 Å². The molecule has 0 aromatic carbocycles. The lowest BCUT2D eigenvalue weighted by molar-refractivity contribution is 0.244. The Morgan fingerprint density at radius 2 is 1.95 bits per heavy atom. The Morgan fingerprint density at radius 1 is 1.20 bits per heavy atom. The van der Waals surface area contributed by atoms with E-state index in [1.807, 2.05) is 11.3 Å². The Labute approximate surface area is 129 Å². The van der Waals surface area contributed by atoms with Gasteiger partial charge in [0.05, 0.1) is 0 Å². The summed E-state index contributed by atoms with van der Waals surface area (Å²) in [6, 6.07) is 4.60. The van der Waals surface area contributed by atoms with Crippen LogP contribution in [0.5, 0.6) is 0 Å². The first-order valence-electron chi connectivity index (χ1n) is 8.36. The average Bonchev–Trinajstić information content (AvgIpc) is 3.02. The largest absolute Gasteiger partial charge is 0.316 e. The second kappa shape index (κ2) is 7.61. The van der Waals surface area contributed by atoms with Crippen molar-refractivity contribution in [1.82, 2.24) is 5.32 Å². The molecule has 0 bridgehead atoms. The van der Waals surface area contributed by atoms with E-state index in [0.29, 0.717) is 5.41 Å². The fourth-order valence-corrected chi connectivity index (χ4v) is 4.39. The first-order valence-corrected chi connectivity index (χ1v) is 9.17. The molecule has 1 heterocycles. The topological polar surface area (TPSA) is 12.0 Å². The molecule has 1 aliphatic rings. The van der Waals surface area contributed by atoms with Crippen molar-refractivity contribution in [2.45, 2.75) is 65.7 Å². The number of hydrogen-bond acceptors (Lipinski definition) is 2. The number of rotatable bonds is 8. The van der Waals surface area contributed by atoms with Crippen LogP contribution in [0.25, 0.3) is 0 Å². The third-order valence-electron chi connectivity index (χ3n) is 4.75. The van der Waals surface area contributed by atoms with Gasteiger partial charge in [0.1, 0.15) is 0 Å². The van der Waals surface area contributed by atoms with Gasteiger partial charge in [0.2, 0.25) is 0 Å². The van der Waals surface area contributed by atoms with E-state index in [0.717, 1.165) is 5.92 Å². The first-order chi connectivity index (χ1) is 9.60. The number of hydrogen-bond donors (Lipinski definition) is 1. The molecule has 1 fully saturated rings. The van der Waals surface area contributed by atoms with Crippen LogP contribution in [0.4, 0.5) is 0 Å². The van der Waals surface area contributed by atoms with Gasteiger partial charge < -0.3 is 5.32 Å². The number of thiophene rings is 1. The fourth-order valence-electron chi connectivity index (χ4n) is 3.50. The predicted molar refractivity (Wildman–Crippen MR) is 90.6 cm³/mol. The quantitative estimate of drug-likeness (QED) is 0.651. The Kier molecular flexibility index (Phi) is 6.10. The van der Waals surface area contributed by atoms with Crippen LogP contribution in [0, 0.1) is 18.3 Å². The summed E-state index contributed by atoms with van der Waals surface area (Å²) in [5.74, 6) is 0.767. The molecular formula is C18H31NS. The van der Waals surface area contributed by atoms with Gasteiger partial charge in [-0.05, 0) is 75.6 Å². The Hall–Kier alpha value is -0.340. The summed E-state index contributed by atoms with van der Waals surface area (Å²) in [5, 5.41) is 3.64. The summed E-state index contributed by atoms with van der Waals surface area (Å²) >= 11 is 1.99. The molecule has 1 aromatic rings. The maximum absolute atomic E-state index is 3.64. The van der Waals surface area contributed by atoms with Crippen molar-refractivity contribution in [3.63, 3.8) is 0 Å². The van der Waals surface area contributed by atoms with Gasteiger partial charge in [-0.2, -0.15) is 0 Å². The van der Waals surface area contributed by atoms with Crippen LogP contribution in [0.3, 0.4) is 0 Å². The molecule has 1 nitrogen and oxygen atoms in total. The molecule has 1 N–H and O–H groups in total.